The number of benzene rings is 1. The molecule has 1 saturated heterocycles. The zero-order chi connectivity index (χ0) is 16.2. The van der Waals surface area contributed by atoms with Crippen LogP contribution in [-0.4, -0.2) is 47.5 Å². The summed E-state index contributed by atoms with van der Waals surface area (Å²) < 4.78 is 1.10. The Labute approximate surface area is 147 Å². The van der Waals surface area contributed by atoms with Crippen molar-refractivity contribution in [2.45, 2.75) is 20.4 Å². The van der Waals surface area contributed by atoms with Crippen molar-refractivity contribution in [1.82, 2.24) is 14.8 Å². The number of aryl methyl sites for hydroxylation is 1. The number of hydrogen-bond donors (Lipinski definition) is 0. The van der Waals surface area contributed by atoms with Gasteiger partial charge in [-0.1, -0.05) is 41.1 Å². The van der Waals surface area contributed by atoms with Gasteiger partial charge in [-0.15, -0.1) is 0 Å². The third-order valence-electron chi connectivity index (χ3n) is 4.57. The molecule has 0 N–H and O–H groups in total. The molecule has 0 atom stereocenters. The molecule has 0 aliphatic carbocycles. The van der Waals surface area contributed by atoms with E-state index in [1.165, 1.54) is 29.8 Å². The Morgan fingerprint density at radius 3 is 2.30 bits per heavy atom. The number of halogens is 1. The maximum absolute atomic E-state index is 4.72. The first-order chi connectivity index (χ1) is 11.2. The van der Waals surface area contributed by atoms with E-state index in [4.69, 9.17) is 4.98 Å². The molecule has 2 heterocycles. The Balaban J connectivity index is 1.68. The molecule has 2 aromatic rings. The van der Waals surface area contributed by atoms with Crippen molar-refractivity contribution in [3.8, 4) is 11.3 Å². The zero-order valence-corrected chi connectivity index (χ0v) is 15.5. The number of pyridine rings is 1. The van der Waals surface area contributed by atoms with Gasteiger partial charge in [-0.05, 0) is 36.7 Å². The fourth-order valence-corrected chi connectivity index (χ4v) is 3.42. The van der Waals surface area contributed by atoms with E-state index in [0.717, 1.165) is 36.3 Å². The number of hydrogen-bond acceptors (Lipinski definition) is 3. The molecule has 0 bridgehead atoms. The summed E-state index contributed by atoms with van der Waals surface area (Å²) >= 11 is 3.48. The highest BCUT2D eigenvalue weighted by Crippen LogP contribution is 2.24. The maximum Gasteiger partial charge on any atom is 0.0731 e. The van der Waals surface area contributed by atoms with Gasteiger partial charge in [0.25, 0.3) is 0 Å². The van der Waals surface area contributed by atoms with Gasteiger partial charge in [0.05, 0.1) is 5.69 Å². The van der Waals surface area contributed by atoms with Gasteiger partial charge in [-0.2, -0.15) is 0 Å². The molecule has 3 rings (SSSR count). The minimum Gasteiger partial charge on any atom is -0.301 e. The molecule has 1 aliphatic heterocycles. The predicted molar refractivity (Wildman–Crippen MR) is 99.5 cm³/mol. The molecule has 23 heavy (non-hydrogen) atoms. The Bertz CT molecular complexity index is 646. The lowest BCUT2D eigenvalue weighted by Crippen LogP contribution is -2.45. The van der Waals surface area contributed by atoms with Crippen molar-refractivity contribution in [3.63, 3.8) is 0 Å². The van der Waals surface area contributed by atoms with Crippen molar-refractivity contribution < 1.29 is 0 Å². The molecule has 3 nitrogen and oxygen atoms in total. The fraction of sp³-hybridized carbons (Fsp3) is 0.421. The molecule has 0 saturated carbocycles. The highest BCUT2D eigenvalue weighted by molar-refractivity contribution is 9.10. The van der Waals surface area contributed by atoms with E-state index in [1.54, 1.807) is 0 Å². The molecule has 1 aromatic carbocycles. The van der Waals surface area contributed by atoms with Gasteiger partial charge in [0.15, 0.2) is 0 Å². The van der Waals surface area contributed by atoms with Crippen molar-refractivity contribution in [3.05, 3.63) is 52.1 Å². The Morgan fingerprint density at radius 2 is 1.70 bits per heavy atom. The number of rotatable bonds is 4. The summed E-state index contributed by atoms with van der Waals surface area (Å²) in [5.74, 6) is 0. The van der Waals surface area contributed by atoms with Crippen LogP contribution in [0.1, 0.15) is 18.1 Å². The molecule has 1 aliphatic rings. The van der Waals surface area contributed by atoms with Gasteiger partial charge in [0, 0.05) is 49.0 Å². The number of nitrogens with zero attached hydrogens (tertiary/aromatic N) is 3. The molecule has 1 fully saturated rings. The molecule has 0 amide bonds. The van der Waals surface area contributed by atoms with Crippen LogP contribution in [0.15, 0.2) is 41.0 Å². The van der Waals surface area contributed by atoms with Crippen LogP contribution >= 0.6 is 15.9 Å². The standard InChI is InChI=1S/C19H24BrN3/c1-3-22-8-10-23(11-9-22)14-16-12-15(2)19(21-13-16)17-4-6-18(20)7-5-17/h4-7,12-13H,3,8-11,14H2,1-2H3. The van der Waals surface area contributed by atoms with E-state index in [0.29, 0.717) is 0 Å². The summed E-state index contributed by atoms with van der Waals surface area (Å²) in [6.45, 7) is 11.2. The lowest BCUT2D eigenvalue weighted by Gasteiger charge is -2.34. The molecule has 122 valence electrons. The van der Waals surface area contributed by atoms with E-state index < -0.39 is 0 Å². The molecule has 4 heteroatoms. The molecular weight excluding hydrogens is 350 g/mol. The van der Waals surface area contributed by atoms with Crippen LogP contribution in [0.5, 0.6) is 0 Å². The minimum atomic E-state index is 1.01. The van der Waals surface area contributed by atoms with E-state index in [2.05, 4.69) is 69.9 Å². The van der Waals surface area contributed by atoms with E-state index in [1.807, 2.05) is 6.20 Å². The highest BCUT2D eigenvalue weighted by Gasteiger charge is 2.16. The van der Waals surface area contributed by atoms with Crippen LogP contribution in [0.3, 0.4) is 0 Å². The largest absolute Gasteiger partial charge is 0.301 e. The molecule has 0 unspecified atom stereocenters. The SMILES string of the molecule is CCN1CCN(Cc2cnc(-c3ccc(Br)cc3)c(C)c2)CC1. The van der Waals surface area contributed by atoms with Crippen LogP contribution in [0.4, 0.5) is 0 Å². The van der Waals surface area contributed by atoms with E-state index >= 15 is 0 Å². The first-order valence-corrected chi connectivity index (χ1v) is 9.11. The third-order valence-corrected chi connectivity index (χ3v) is 5.10. The van der Waals surface area contributed by atoms with Gasteiger partial charge in [-0.25, -0.2) is 0 Å². The smallest absolute Gasteiger partial charge is 0.0731 e. The average molecular weight is 374 g/mol. The summed E-state index contributed by atoms with van der Waals surface area (Å²) in [6, 6.07) is 10.7. The average Bonchev–Trinajstić information content (AvgIpc) is 2.57. The number of aromatic nitrogens is 1. The summed E-state index contributed by atoms with van der Waals surface area (Å²) in [6.07, 6.45) is 2.04. The topological polar surface area (TPSA) is 19.4 Å². The van der Waals surface area contributed by atoms with Crippen molar-refractivity contribution in [2.75, 3.05) is 32.7 Å². The summed E-state index contributed by atoms with van der Waals surface area (Å²) in [7, 11) is 0. The Kier molecular flexibility index (Phi) is 5.46. The third kappa shape index (κ3) is 4.19. The molecule has 0 radical (unpaired) electrons. The second-order valence-electron chi connectivity index (χ2n) is 6.23. The van der Waals surface area contributed by atoms with Gasteiger partial charge < -0.3 is 4.90 Å². The first-order valence-electron chi connectivity index (χ1n) is 8.32. The van der Waals surface area contributed by atoms with E-state index in [-0.39, 0.29) is 0 Å². The lowest BCUT2D eigenvalue weighted by molar-refractivity contribution is 0.132. The highest BCUT2D eigenvalue weighted by atomic mass is 79.9. The molecular formula is C19H24BrN3. The van der Waals surface area contributed by atoms with Crippen LogP contribution in [0.2, 0.25) is 0 Å². The van der Waals surface area contributed by atoms with Gasteiger partial charge in [-0.3, -0.25) is 9.88 Å². The lowest BCUT2D eigenvalue weighted by atomic mass is 10.1. The predicted octanol–water partition coefficient (Wildman–Crippen LogP) is 3.96. The van der Waals surface area contributed by atoms with Gasteiger partial charge in [0.1, 0.15) is 0 Å². The zero-order valence-electron chi connectivity index (χ0n) is 13.9. The number of likely N-dealkylation sites (N-methyl/N-ethyl adjacent to an activating group) is 1. The van der Waals surface area contributed by atoms with Crippen molar-refractivity contribution in [1.29, 1.82) is 0 Å². The second-order valence-corrected chi connectivity index (χ2v) is 7.14. The molecule has 1 aromatic heterocycles. The van der Waals surface area contributed by atoms with Crippen molar-refractivity contribution in [2.24, 2.45) is 0 Å². The van der Waals surface area contributed by atoms with Crippen molar-refractivity contribution >= 4 is 15.9 Å². The second kappa shape index (κ2) is 7.56. The maximum atomic E-state index is 4.72. The number of piperazine rings is 1. The quantitative estimate of drug-likeness (QED) is 0.808. The normalized spacial score (nSPS) is 16.7. The summed E-state index contributed by atoms with van der Waals surface area (Å²) in [5, 5.41) is 0. The van der Waals surface area contributed by atoms with Crippen LogP contribution in [0.25, 0.3) is 11.3 Å². The summed E-state index contributed by atoms with van der Waals surface area (Å²) in [4.78, 5) is 9.76. The first kappa shape index (κ1) is 16.6. The Morgan fingerprint density at radius 1 is 1.04 bits per heavy atom. The summed E-state index contributed by atoms with van der Waals surface area (Å²) in [5.41, 5.74) is 4.82. The van der Waals surface area contributed by atoms with E-state index in [9.17, 15) is 0 Å². The fourth-order valence-electron chi connectivity index (χ4n) is 3.15. The van der Waals surface area contributed by atoms with Gasteiger partial charge >= 0.3 is 0 Å². The van der Waals surface area contributed by atoms with Crippen LogP contribution < -0.4 is 0 Å². The van der Waals surface area contributed by atoms with Gasteiger partial charge in [0.2, 0.25) is 0 Å². The van der Waals surface area contributed by atoms with Crippen LogP contribution in [-0.2, 0) is 6.54 Å². The monoisotopic (exact) mass is 373 g/mol. The molecule has 0 spiro atoms. The minimum absolute atomic E-state index is 1.01. The Hall–Kier alpha value is -1.23. The van der Waals surface area contributed by atoms with Crippen LogP contribution in [0, 0.1) is 6.92 Å².